The van der Waals surface area contributed by atoms with E-state index in [0.29, 0.717) is 0 Å². The molecule has 12 heavy (non-hydrogen) atoms. The zero-order chi connectivity index (χ0) is 8.81. The summed E-state index contributed by atoms with van der Waals surface area (Å²) in [4.78, 5) is 2.33. The zero-order valence-corrected chi connectivity index (χ0v) is 7.84. The zero-order valence-electron chi connectivity index (χ0n) is 7.84. The summed E-state index contributed by atoms with van der Waals surface area (Å²) in [5, 5.41) is 3.37. The first-order valence-electron chi connectivity index (χ1n) is 4.62. The number of rotatable bonds is 2. The van der Waals surface area contributed by atoms with Crippen molar-refractivity contribution < 1.29 is 0 Å². The van der Waals surface area contributed by atoms with Crippen LogP contribution in [0.15, 0.2) is 24.4 Å². The maximum atomic E-state index is 4.02. The van der Waals surface area contributed by atoms with E-state index >= 15 is 0 Å². The molecule has 1 N–H and O–H groups in total. The predicted molar refractivity (Wildman–Crippen MR) is 53.0 cm³/mol. The minimum atomic E-state index is 1.08. The molecule has 1 rings (SSSR count). The van der Waals surface area contributed by atoms with Gasteiger partial charge in [0.1, 0.15) is 0 Å². The smallest absolute Gasteiger partial charge is 0.0303 e. The van der Waals surface area contributed by atoms with Crippen molar-refractivity contribution in [1.82, 2.24) is 10.2 Å². The van der Waals surface area contributed by atoms with E-state index in [-0.39, 0.29) is 0 Å². The molecule has 0 amide bonds. The Morgan fingerprint density at radius 2 is 2.25 bits per heavy atom. The van der Waals surface area contributed by atoms with Crippen LogP contribution >= 0.6 is 0 Å². The lowest BCUT2D eigenvalue weighted by Gasteiger charge is -2.22. The number of nitrogens with one attached hydrogen (secondary N) is 1. The average Bonchev–Trinajstić information content (AvgIpc) is 2.32. The largest absolute Gasteiger partial charge is 0.371 e. The molecule has 0 radical (unpaired) electrons. The van der Waals surface area contributed by atoms with E-state index in [1.807, 2.05) is 13.0 Å². The van der Waals surface area contributed by atoms with Crippen molar-refractivity contribution in [2.75, 3.05) is 26.2 Å². The molecule has 0 atom stereocenters. The van der Waals surface area contributed by atoms with Gasteiger partial charge >= 0.3 is 0 Å². The maximum absolute atomic E-state index is 4.02. The van der Waals surface area contributed by atoms with Gasteiger partial charge in [-0.3, -0.25) is 0 Å². The van der Waals surface area contributed by atoms with E-state index in [1.54, 1.807) is 0 Å². The Balaban J connectivity index is 2.42. The Morgan fingerprint density at radius 3 is 3.00 bits per heavy atom. The molecule has 0 unspecified atom stereocenters. The monoisotopic (exact) mass is 166 g/mol. The quantitative estimate of drug-likeness (QED) is 0.623. The van der Waals surface area contributed by atoms with Crippen LogP contribution < -0.4 is 5.32 Å². The third-order valence-electron chi connectivity index (χ3n) is 2.11. The lowest BCUT2D eigenvalue weighted by Crippen LogP contribution is -2.26. The van der Waals surface area contributed by atoms with Crippen LogP contribution in [-0.4, -0.2) is 31.1 Å². The third kappa shape index (κ3) is 2.70. The van der Waals surface area contributed by atoms with E-state index in [4.69, 9.17) is 0 Å². The highest BCUT2D eigenvalue weighted by molar-refractivity contribution is 5.12. The highest BCUT2D eigenvalue weighted by Crippen LogP contribution is 2.05. The van der Waals surface area contributed by atoms with Crippen LogP contribution in [0, 0.1) is 0 Å². The molecule has 68 valence electrons. The SMILES string of the molecule is C=C(/C=C\C)N1CCCNCC1. The van der Waals surface area contributed by atoms with Crippen LogP contribution in [0.4, 0.5) is 0 Å². The molecule has 0 bridgehead atoms. The lowest BCUT2D eigenvalue weighted by molar-refractivity contribution is 0.380. The average molecular weight is 166 g/mol. The summed E-state index contributed by atoms with van der Waals surface area (Å²) in [5.74, 6) is 0. The Hall–Kier alpha value is -0.760. The van der Waals surface area contributed by atoms with Crippen LogP contribution in [0.3, 0.4) is 0 Å². The van der Waals surface area contributed by atoms with Gasteiger partial charge in [0.15, 0.2) is 0 Å². The van der Waals surface area contributed by atoms with Gasteiger partial charge in [-0.1, -0.05) is 12.7 Å². The number of allylic oxidation sites excluding steroid dienone is 2. The second kappa shape index (κ2) is 4.99. The fourth-order valence-corrected chi connectivity index (χ4v) is 1.43. The lowest BCUT2D eigenvalue weighted by atomic mass is 10.3. The van der Waals surface area contributed by atoms with Crippen molar-refractivity contribution >= 4 is 0 Å². The summed E-state index contributed by atoms with van der Waals surface area (Å²) in [6, 6.07) is 0. The van der Waals surface area contributed by atoms with Crippen LogP contribution in [0.1, 0.15) is 13.3 Å². The minimum Gasteiger partial charge on any atom is -0.371 e. The van der Waals surface area contributed by atoms with E-state index in [9.17, 15) is 0 Å². The fraction of sp³-hybridized carbons (Fsp3) is 0.600. The Kier molecular flexibility index (Phi) is 3.88. The highest BCUT2D eigenvalue weighted by Gasteiger charge is 2.07. The molecule has 2 heteroatoms. The van der Waals surface area contributed by atoms with E-state index in [0.717, 1.165) is 31.9 Å². The first kappa shape index (κ1) is 9.33. The Labute approximate surface area is 74.9 Å². The van der Waals surface area contributed by atoms with Crippen LogP contribution in [0.2, 0.25) is 0 Å². The summed E-state index contributed by atoms with van der Waals surface area (Å²) < 4.78 is 0. The van der Waals surface area contributed by atoms with Gasteiger partial charge in [0, 0.05) is 25.3 Å². The molecular weight excluding hydrogens is 148 g/mol. The minimum absolute atomic E-state index is 1.08. The maximum Gasteiger partial charge on any atom is 0.0303 e. The van der Waals surface area contributed by atoms with Gasteiger partial charge < -0.3 is 10.2 Å². The van der Waals surface area contributed by atoms with Gasteiger partial charge in [-0.2, -0.15) is 0 Å². The molecule has 0 aliphatic carbocycles. The van der Waals surface area contributed by atoms with Gasteiger partial charge in [-0.25, -0.2) is 0 Å². The van der Waals surface area contributed by atoms with Gasteiger partial charge in [0.05, 0.1) is 0 Å². The first-order valence-corrected chi connectivity index (χ1v) is 4.62. The summed E-state index contributed by atoms with van der Waals surface area (Å²) in [6.45, 7) is 10.5. The molecule has 0 aromatic heterocycles. The molecule has 0 aromatic rings. The molecule has 0 spiro atoms. The fourth-order valence-electron chi connectivity index (χ4n) is 1.43. The van der Waals surface area contributed by atoms with Gasteiger partial charge in [0.2, 0.25) is 0 Å². The molecule has 0 aromatic carbocycles. The number of nitrogens with zero attached hydrogens (tertiary/aromatic N) is 1. The molecule has 1 aliphatic heterocycles. The first-order chi connectivity index (χ1) is 5.84. The number of hydrogen-bond acceptors (Lipinski definition) is 2. The van der Waals surface area contributed by atoms with Crippen molar-refractivity contribution in [3.8, 4) is 0 Å². The van der Waals surface area contributed by atoms with E-state index in [1.165, 1.54) is 6.42 Å². The molecule has 1 fully saturated rings. The van der Waals surface area contributed by atoms with Crippen LogP contribution in [-0.2, 0) is 0 Å². The van der Waals surface area contributed by atoms with Crippen molar-refractivity contribution in [2.24, 2.45) is 0 Å². The summed E-state index contributed by atoms with van der Waals surface area (Å²) in [6.07, 6.45) is 5.34. The summed E-state index contributed by atoms with van der Waals surface area (Å²) in [5.41, 5.74) is 1.14. The van der Waals surface area contributed by atoms with Crippen molar-refractivity contribution in [3.05, 3.63) is 24.4 Å². The van der Waals surface area contributed by atoms with Crippen LogP contribution in [0.25, 0.3) is 0 Å². The molecular formula is C10H18N2. The van der Waals surface area contributed by atoms with Gasteiger partial charge in [-0.15, -0.1) is 0 Å². The normalized spacial score (nSPS) is 19.6. The topological polar surface area (TPSA) is 15.3 Å². The number of hydrogen-bond donors (Lipinski definition) is 1. The van der Waals surface area contributed by atoms with E-state index in [2.05, 4.69) is 22.9 Å². The standard InChI is InChI=1S/C10H18N2/c1-3-5-10(2)12-8-4-6-11-7-9-12/h3,5,11H,2,4,6-9H2,1H3/b5-3-. The van der Waals surface area contributed by atoms with Crippen molar-refractivity contribution in [1.29, 1.82) is 0 Å². The third-order valence-corrected chi connectivity index (χ3v) is 2.11. The Bertz CT molecular complexity index is 165. The van der Waals surface area contributed by atoms with Gasteiger partial charge in [-0.05, 0) is 26.0 Å². The highest BCUT2D eigenvalue weighted by atomic mass is 15.2. The van der Waals surface area contributed by atoms with Crippen molar-refractivity contribution in [2.45, 2.75) is 13.3 Å². The molecule has 0 saturated carbocycles. The Morgan fingerprint density at radius 1 is 1.42 bits per heavy atom. The second-order valence-electron chi connectivity index (χ2n) is 3.08. The van der Waals surface area contributed by atoms with E-state index < -0.39 is 0 Å². The van der Waals surface area contributed by atoms with Crippen molar-refractivity contribution in [3.63, 3.8) is 0 Å². The molecule has 1 aliphatic rings. The summed E-state index contributed by atoms with van der Waals surface area (Å²) >= 11 is 0. The molecule has 2 nitrogen and oxygen atoms in total. The van der Waals surface area contributed by atoms with Crippen LogP contribution in [0.5, 0.6) is 0 Å². The van der Waals surface area contributed by atoms with Gasteiger partial charge in [0.25, 0.3) is 0 Å². The second-order valence-corrected chi connectivity index (χ2v) is 3.08. The molecule has 1 saturated heterocycles. The summed E-state index contributed by atoms with van der Waals surface area (Å²) in [7, 11) is 0. The molecule has 1 heterocycles. The predicted octanol–water partition coefficient (Wildman–Crippen LogP) is 1.37.